The molecule has 2 atom stereocenters. The summed E-state index contributed by atoms with van der Waals surface area (Å²) in [6.45, 7) is 5.62. The molecular formula is C26H20Cl4N2O2. The van der Waals surface area contributed by atoms with Crippen LogP contribution in [-0.4, -0.2) is 16.1 Å². The molecule has 0 bridgehead atoms. The standard InChI is InChI=1S/C26H20Cl4N2O2/c1-3-15-4-6-18(7-5-15)31-24(33)20-13-19(8-9-21(20)28)32-25(34)23-22(26(23,29)30)16-10-14(2)11-17(27)12-16/h3-13,22-23H,1H2,2H3,(H,31,33)(H,32,34). The first-order valence-electron chi connectivity index (χ1n) is 10.4. The van der Waals surface area contributed by atoms with Gasteiger partial charge < -0.3 is 10.6 Å². The first-order valence-corrected chi connectivity index (χ1v) is 11.9. The maximum absolute atomic E-state index is 13.0. The van der Waals surface area contributed by atoms with Gasteiger partial charge in [-0.1, -0.05) is 54.1 Å². The van der Waals surface area contributed by atoms with Crippen LogP contribution in [0.25, 0.3) is 6.08 Å². The van der Waals surface area contributed by atoms with Crippen molar-refractivity contribution >= 4 is 75.7 Å². The molecule has 34 heavy (non-hydrogen) atoms. The van der Waals surface area contributed by atoms with E-state index < -0.39 is 22.1 Å². The molecule has 1 aliphatic carbocycles. The largest absolute Gasteiger partial charge is 0.326 e. The lowest BCUT2D eigenvalue weighted by Gasteiger charge is -2.10. The van der Waals surface area contributed by atoms with Crippen molar-refractivity contribution < 1.29 is 9.59 Å². The Morgan fingerprint density at radius 1 is 0.941 bits per heavy atom. The third-order valence-corrected chi connectivity index (χ3v) is 7.13. The number of nitrogens with one attached hydrogen (secondary N) is 2. The number of alkyl halides is 2. The molecule has 1 saturated carbocycles. The summed E-state index contributed by atoms with van der Waals surface area (Å²) < 4.78 is -1.26. The van der Waals surface area contributed by atoms with Crippen LogP contribution in [0.2, 0.25) is 10.0 Å². The van der Waals surface area contributed by atoms with Gasteiger partial charge in [0.25, 0.3) is 5.91 Å². The summed E-state index contributed by atoms with van der Waals surface area (Å²) in [6.07, 6.45) is 1.71. The lowest BCUT2D eigenvalue weighted by Crippen LogP contribution is -2.18. The second-order valence-corrected chi connectivity index (χ2v) is 10.4. The fourth-order valence-corrected chi connectivity index (χ4v) is 5.24. The second-order valence-electron chi connectivity index (χ2n) is 8.16. The molecule has 0 radical (unpaired) electrons. The molecule has 0 heterocycles. The molecule has 2 N–H and O–H groups in total. The smallest absolute Gasteiger partial charge is 0.257 e. The van der Waals surface area contributed by atoms with Crippen molar-refractivity contribution in [1.82, 2.24) is 0 Å². The van der Waals surface area contributed by atoms with Crippen molar-refractivity contribution in [3.63, 3.8) is 0 Å². The van der Waals surface area contributed by atoms with Gasteiger partial charge in [-0.25, -0.2) is 0 Å². The summed E-state index contributed by atoms with van der Waals surface area (Å²) in [7, 11) is 0. The van der Waals surface area contributed by atoms with E-state index in [9.17, 15) is 9.59 Å². The highest BCUT2D eigenvalue weighted by molar-refractivity contribution is 6.53. The number of benzene rings is 3. The molecule has 0 spiro atoms. The number of rotatable bonds is 6. The maximum Gasteiger partial charge on any atom is 0.257 e. The van der Waals surface area contributed by atoms with Gasteiger partial charge in [0.2, 0.25) is 5.91 Å². The van der Waals surface area contributed by atoms with Gasteiger partial charge in [-0.05, 0) is 66.1 Å². The van der Waals surface area contributed by atoms with Crippen LogP contribution in [0.15, 0.2) is 67.2 Å². The van der Waals surface area contributed by atoms with Gasteiger partial charge in [-0.15, -0.1) is 23.2 Å². The van der Waals surface area contributed by atoms with Crippen LogP contribution in [0.4, 0.5) is 11.4 Å². The molecule has 0 aliphatic heterocycles. The van der Waals surface area contributed by atoms with Gasteiger partial charge >= 0.3 is 0 Å². The van der Waals surface area contributed by atoms with Gasteiger partial charge in [-0.3, -0.25) is 9.59 Å². The van der Waals surface area contributed by atoms with Crippen molar-refractivity contribution in [2.75, 3.05) is 10.6 Å². The fraction of sp³-hybridized carbons (Fsp3) is 0.154. The van der Waals surface area contributed by atoms with E-state index in [4.69, 9.17) is 46.4 Å². The Morgan fingerprint density at radius 2 is 1.62 bits per heavy atom. The van der Waals surface area contributed by atoms with E-state index in [1.54, 1.807) is 36.4 Å². The first-order chi connectivity index (χ1) is 16.1. The Morgan fingerprint density at radius 3 is 2.26 bits per heavy atom. The van der Waals surface area contributed by atoms with Crippen LogP contribution in [0.1, 0.15) is 33.0 Å². The zero-order valence-corrected chi connectivity index (χ0v) is 21.1. The van der Waals surface area contributed by atoms with Gasteiger partial charge in [-0.2, -0.15) is 0 Å². The Kier molecular flexibility index (Phi) is 6.97. The average molecular weight is 534 g/mol. The van der Waals surface area contributed by atoms with E-state index in [1.165, 1.54) is 6.07 Å². The highest BCUT2D eigenvalue weighted by Gasteiger charge is 2.67. The minimum atomic E-state index is -1.26. The van der Waals surface area contributed by atoms with Gasteiger partial charge in [0.05, 0.1) is 16.5 Å². The summed E-state index contributed by atoms with van der Waals surface area (Å²) in [5.74, 6) is -1.84. The first kappa shape index (κ1) is 24.6. The second kappa shape index (κ2) is 9.63. The lowest BCUT2D eigenvalue weighted by atomic mass is 10.1. The van der Waals surface area contributed by atoms with Crippen molar-refractivity contribution in [2.24, 2.45) is 5.92 Å². The fourth-order valence-electron chi connectivity index (χ4n) is 3.91. The summed E-state index contributed by atoms with van der Waals surface area (Å²) in [4.78, 5) is 25.8. The van der Waals surface area contributed by atoms with Crippen LogP contribution in [0, 0.1) is 12.8 Å². The minimum Gasteiger partial charge on any atom is -0.326 e. The Labute approximate surface area is 217 Å². The maximum atomic E-state index is 13.0. The van der Waals surface area contributed by atoms with Crippen molar-refractivity contribution in [2.45, 2.75) is 17.2 Å². The van der Waals surface area contributed by atoms with E-state index in [0.29, 0.717) is 16.4 Å². The Balaban J connectivity index is 1.49. The number of anilines is 2. The molecule has 2 amide bonds. The monoisotopic (exact) mass is 532 g/mol. The molecule has 3 aromatic rings. The molecule has 2 unspecified atom stereocenters. The van der Waals surface area contributed by atoms with E-state index in [2.05, 4.69) is 17.2 Å². The summed E-state index contributed by atoms with van der Waals surface area (Å²) in [5.41, 5.74) is 3.90. The molecule has 0 aromatic heterocycles. The number of aryl methyl sites for hydroxylation is 1. The van der Waals surface area contributed by atoms with E-state index in [1.807, 2.05) is 31.2 Å². The van der Waals surface area contributed by atoms with Gasteiger partial charge in [0.15, 0.2) is 0 Å². The molecule has 1 fully saturated rings. The van der Waals surface area contributed by atoms with E-state index >= 15 is 0 Å². The molecule has 4 nitrogen and oxygen atoms in total. The van der Waals surface area contributed by atoms with E-state index in [0.717, 1.165) is 16.7 Å². The number of amides is 2. The Bertz CT molecular complexity index is 1270. The summed E-state index contributed by atoms with van der Waals surface area (Å²) in [6, 6.07) is 17.4. The predicted molar refractivity (Wildman–Crippen MR) is 141 cm³/mol. The summed E-state index contributed by atoms with van der Waals surface area (Å²) in [5, 5.41) is 6.40. The van der Waals surface area contributed by atoms with Crippen LogP contribution in [0.5, 0.6) is 0 Å². The number of halogens is 4. The van der Waals surface area contributed by atoms with Crippen LogP contribution < -0.4 is 10.6 Å². The summed E-state index contributed by atoms with van der Waals surface area (Å²) >= 11 is 25.3. The van der Waals surface area contributed by atoms with Crippen LogP contribution in [-0.2, 0) is 4.79 Å². The van der Waals surface area contributed by atoms with Crippen molar-refractivity contribution in [1.29, 1.82) is 0 Å². The van der Waals surface area contributed by atoms with Gasteiger partial charge in [0.1, 0.15) is 4.33 Å². The topological polar surface area (TPSA) is 58.2 Å². The number of carbonyl (C=O) groups excluding carboxylic acids is 2. The molecule has 8 heteroatoms. The molecule has 1 aliphatic rings. The van der Waals surface area contributed by atoms with Crippen molar-refractivity contribution in [3.8, 4) is 0 Å². The zero-order chi connectivity index (χ0) is 24.6. The number of hydrogen-bond acceptors (Lipinski definition) is 2. The number of carbonyl (C=O) groups is 2. The predicted octanol–water partition coefficient (Wildman–Crippen LogP) is 7.72. The molecular weight excluding hydrogens is 514 g/mol. The molecule has 0 saturated heterocycles. The normalized spacial score (nSPS) is 18.1. The highest BCUT2D eigenvalue weighted by Crippen LogP contribution is 2.65. The zero-order valence-electron chi connectivity index (χ0n) is 18.0. The van der Waals surface area contributed by atoms with E-state index in [-0.39, 0.29) is 16.5 Å². The Hall–Kier alpha value is -2.50. The minimum absolute atomic E-state index is 0.216. The van der Waals surface area contributed by atoms with Crippen LogP contribution in [0.3, 0.4) is 0 Å². The quantitative estimate of drug-likeness (QED) is 0.318. The third-order valence-electron chi connectivity index (χ3n) is 5.64. The SMILES string of the molecule is C=Cc1ccc(NC(=O)c2cc(NC(=O)C3C(c4cc(C)cc(Cl)c4)C3(Cl)Cl)ccc2Cl)cc1. The number of hydrogen-bond donors (Lipinski definition) is 2. The highest BCUT2D eigenvalue weighted by atomic mass is 35.5. The van der Waals surface area contributed by atoms with Crippen molar-refractivity contribution in [3.05, 3.63) is 99.5 Å². The average Bonchev–Trinajstić information content (AvgIpc) is 3.37. The van der Waals surface area contributed by atoms with Gasteiger partial charge in [0, 0.05) is 22.3 Å². The third kappa shape index (κ3) is 5.11. The lowest BCUT2D eigenvalue weighted by molar-refractivity contribution is -0.117. The molecule has 3 aromatic carbocycles. The molecule has 174 valence electrons. The molecule has 4 rings (SSSR count). The van der Waals surface area contributed by atoms with Crippen LogP contribution >= 0.6 is 46.4 Å².